The first-order valence-corrected chi connectivity index (χ1v) is 9.41. The molecule has 0 spiro atoms. The van der Waals surface area contributed by atoms with E-state index < -0.39 is 5.41 Å². The summed E-state index contributed by atoms with van der Waals surface area (Å²) in [6, 6.07) is 11.4. The number of benzene rings is 1. The lowest BCUT2D eigenvalue weighted by Gasteiger charge is -2.40. The van der Waals surface area contributed by atoms with Gasteiger partial charge in [0.25, 0.3) is 0 Å². The molecule has 0 saturated heterocycles. The topological polar surface area (TPSA) is 83.6 Å². The first-order valence-electron chi connectivity index (χ1n) is 9.03. The highest BCUT2D eigenvalue weighted by Gasteiger charge is 2.45. The molecule has 0 aliphatic heterocycles. The van der Waals surface area contributed by atoms with Gasteiger partial charge in [0.2, 0.25) is 5.91 Å². The lowest BCUT2D eigenvalue weighted by Crippen LogP contribution is -2.49. The number of amides is 1. The fourth-order valence-corrected chi connectivity index (χ4v) is 3.57. The molecule has 138 valence electrons. The number of nitrogens with zero attached hydrogens (tertiary/aromatic N) is 3. The molecule has 1 aromatic carbocycles. The lowest BCUT2D eigenvalue weighted by molar-refractivity contribution is -0.129. The molecule has 1 aliphatic carbocycles. The van der Waals surface area contributed by atoms with Crippen molar-refractivity contribution in [3.63, 3.8) is 0 Å². The number of carbonyl (C=O) groups is 1. The van der Waals surface area contributed by atoms with E-state index in [1.807, 2.05) is 36.4 Å². The van der Waals surface area contributed by atoms with Crippen LogP contribution in [0.15, 0.2) is 48.8 Å². The Kier molecular flexibility index (Phi) is 4.90. The largest absolute Gasteiger partial charge is 0.355 e. The Morgan fingerprint density at radius 3 is 2.70 bits per heavy atom. The van der Waals surface area contributed by atoms with Crippen molar-refractivity contribution in [2.75, 3.05) is 6.54 Å². The Bertz CT molecular complexity index is 919. The predicted molar refractivity (Wildman–Crippen MR) is 103 cm³/mol. The van der Waals surface area contributed by atoms with E-state index in [1.54, 1.807) is 12.4 Å². The average molecular weight is 382 g/mol. The van der Waals surface area contributed by atoms with Crippen LogP contribution in [0.2, 0.25) is 5.02 Å². The Morgan fingerprint density at radius 2 is 2.04 bits per heavy atom. The second-order valence-electron chi connectivity index (χ2n) is 6.80. The fourth-order valence-electron chi connectivity index (χ4n) is 3.44. The third kappa shape index (κ3) is 3.57. The molecule has 2 aromatic heterocycles. The van der Waals surface area contributed by atoms with E-state index in [0.29, 0.717) is 23.8 Å². The van der Waals surface area contributed by atoms with Crippen LogP contribution in [0.5, 0.6) is 0 Å². The molecule has 4 rings (SSSR count). The number of rotatable bonds is 6. The highest BCUT2D eigenvalue weighted by molar-refractivity contribution is 6.30. The van der Waals surface area contributed by atoms with Gasteiger partial charge in [-0.2, -0.15) is 5.10 Å². The molecule has 6 nitrogen and oxygen atoms in total. The third-order valence-electron chi connectivity index (χ3n) is 5.14. The van der Waals surface area contributed by atoms with Crippen molar-refractivity contribution in [3.8, 4) is 11.4 Å². The first kappa shape index (κ1) is 17.7. The van der Waals surface area contributed by atoms with E-state index in [2.05, 4.69) is 25.5 Å². The molecule has 7 heteroatoms. The van der Waals surface area contributed by atoms with Crippen molar-refractivity contribution >= 4 is 17.5 Å². The molecular formula is C20H20ClN5O. The van der Waals surface area contributed by atoms with E-state index in [4.69, 9.17) is 11.6 Å². The number of nitrogens with one attached hydrogen (secondary N) is 2. The highest BCUT2D eigenvalue weighted by atomic mass is 35.5. The maximum Gasteiger partial charge on any atom is 0.230 e. The molecule has 2 heterocycles. The number of pyridine rings is 1. The van der Waals surface area contributed by atoms with E-state index in [-0.39, 0.29) is 5.91 Å². The molecule has 0 radical (unpaired) electrons. The number of halogens is 1. The molecule has 2 N–H and O–H groups in total. The number of carbonyl (C=O) groups excluding carboxylic acids is 1. The minimum absolute atomic E-state index is 0.0723. The fraction of sp³-hybridized carbons (Fsp3) is 0.300. The van der Waals surface area contributed by atoms with Gasteiger partial charge >= 0.3 is 0 Å². The monoisotopic (exact) mass is 381 g/mol. The Hall–Kier alpha value is -2.73. The molecule has 0 bridgehead atoms. The number of hydrogen-bond donors (Lipinski definition) is 2. The zero-order valence-electron chi connectivity index (χ0n) is 14.8. The molecular weight excluding hydrogens is 362 g/mol. The summed E-state index contributed by atoms with van der Waals surface area (Å²) in [7, 11) is 0. The van der Waals surface area contributed by atoms with Crippen molar-refractivity contribution in [1.82, 2.24) is 25.5 Å². The lowest BCUT2D eigenvalue weighted by atomic mass is 9.64. The summed E-state index contributed by atoms with van der Waals surface area (Å²) in [6.45, 7) is 0.510. The zero-order valence-corrected chi connectivity index (χ0v) is 15.5. The molecule has 0 atom stereocenters. The van der Waals surface area contributed by atoms with Crippen molar-refractivity contribution in [2.45, 2.75) is 31.1 Å². The second-order valence-corrected chi connectivity index (χ2v) is 7.23. The summed E-state index contributed by atoms with van der Waals surface area (Å²) in [6.07, 6.45) is 6.83. The molecule has 1 fully saturated rings. The minimum atomic E-state index is -0.424. The molecule has 1 saturated carbocycles. The first-order chi connectivity index (χ1) is 13.2. The van der Waals surface area contributed by atoms with Gasteiger partial charge in [0, 0.05) is 35.9 Å². The van der Waals surface area contributed by atoms with E-state index in [0.717, 1.165) is 36.2 Å². The number of H-pyrrole nitrogens is 1. The standard InChI is InChI=1S/C20H20ClN5O/c21-16-6-4-15(5-7-16)20(9-2-10-20)19(27)23-12-8-17-24-18(26-25-17)14-3-1-11-22-13-14/h1,3-7,11,13H,2,8-10,12H2,(H,23,27)(H,24,25,26). The second kappa shape index (κ2) is 7.48. The van der Waals surface area contributed by atoms with Gasteiger partial charge in [-0.15, -0.1) is 0 Å². The van der Waals surface area contributed by atoms with E-state index in [1.165, 1.54) is 0 Å². The van der Waals surface area contributed by atoms with Gasteiger partial charge in [0.15, 0.2) is 5.82 Å². The zero-order chi connectivity index (χ0) is 18.7. The van der Waals surface area contributed by atoms with Crippen LogP contribution in [0.4, 0.5) is 0 Å². The quantitative estimate of drug-likeness (QED) is 0.686. The van der Waals surface area contributed by atoms with Crippen LogP contribution < -0.4 is 5.32 Å². The van der Waals surface area contributed by atoms with E-state index >= 15 is 0 Å². The van der Waals surface area contributed by atoms with Crippen LogP contribution in [0.1, 0.15) is 30.7 Å². The van der Waals surface area contributed by atoms with Crippen LogP contribution in [0.25, 0.3) is 11.4 Å². The van der Waals surface area contributed by atoms with Gasteiger partial charge in [-0.1, -0.05) is 30.2 Å². The molecule has 27 heavy (non-hydrogen) atoms. The maximum absolute atomic E-state index is 12.9. The number of hydrogen-bond acceptors (Lipinski definition) is 4. The summed E-state index contributed by atoms with van der Waals surface area (Å²) >= 11 is 5.98. The van der Waals surface area contributed by atoms with Gasteiger partial charge in [0.05, 0.1) is 5.41 Å². The van der Waals surface area contributed by atoms with Crippen LogP contribution in [0.3, 0.4) is 0 Å². The smallest absolute Gasteiger partial charge is 0.230 e. The van der Waals surface area contributed by atoms with Crippen molar-refractivity contribution in [1.29, 1.82) is 0 Å². The average Bonchev–Trinajstić information content (AvgIpc) is 3.12. The van der Waals surface area contributed by atoms with Crippen LogP contribution in [0, 0.1) is 0 Å². The third-order valence-corrected chi connectivity index (χ3v) is 5.39. The summed E-state index contributed by atoms with van der Waals surface area (Å²) in [5.74, 6) is 1.42. The Morgan fingerprint density at radius 1 is 1.22 bits per heavy atom. The maximum atomic E-state index is 12.9. The van der Waals surface area contributed by atoms with Crippen molar-refractivity contribution in [3.05, 3.63) is 65.2 Å². The van der Waals surface area contributed by atoms with Crippen molar-refractivity contribution < 1.29 is 4.79 Å². The van der Waals surface area contributed by atoms with Gasteiger partial charge in [-0.3, -0.25) is 14.9 Å². The summed E-state index contributed by atoms with van der Waals surface area (Å²) < 4.78 is 0. The normalized spacial score (nSPS) is 15.1. The Balaban J connectivity index is 1.37. The summed E-state index contributed by atoms with van der Waals surface area (Å²) in [4.78, 5) is 21.4. The SMILES string of the molecule is O=C(NCCc1nc(-c2cccnc2)n[nH]1)C1(c2ccc(Cl)cc2)CCC1. The van der Waals surface area contributed by atoms with Crippen LogP contribution >= 0.6 is 11.6 Å². The highest BCUT2D eigenvalue weighted by Crippen LogP contribution is 2.44. The predicted octanol–water partition coefficient (Wildman–Crippen LogP) is 3.30. The van der Waals surface area contributed by atoms with Gasteiger partial charge in [-0.25, -0.2) is 4.98 Å². The van der Waals surface area contributed by atoms with Crippen LogP contribution in [-0.4, -0.2) is 32.6 Å². The number of aromatic amines is 1. The van der Waals surface area contributed by atoms with Crippen molar-refractivity contribution in [2.24, 2.45) is 0 Å². The van der Waals surface area contributed by atoms with Crippen LogP contribution in [-0.2, 0) is 16.6 Å². The van der Waals surface area contributed by atoms with Gasteiger partial charge < -0.3 is 5.32 Å². The van der Waals surface area contributed by atoms with Gasteiger partial charge in [-0.05, 0) is 42.7 Å². The van der Waals surface area contributed by atoms with E-state index in [9.17, 15) is 4.79 Å². The summed E-state index contributed by atoms with van der Waals surface area (Å²) in [5, 5.41) is 10.9. The minimum Gasteiger partial charge on any atom is -0.355 e. The molecule has 3 aromatic rings. The number of aromatic nitrogens is 4. The molecule has 1 aliphatic rings. The summed E-state index contributed by atoms with van der Waals surface area (Å²) in [5.41, 5.74) is 1.47. The molecule has 1 amide bonds. The Labute approximate surface area is 162 Å². The van der Waals surface area contributed by atoms with Gasteiger partial charge in [0.1, 0.15) is 5.82 Å². The molecule has 0 unspecified atom stereocenters.